The predicted octanol–water partition coefficient (Wildman–Crippen LogP) is 4.20. The van der Waals surface area contributed by atoms with Crippen LogP contribution in [0.25, 0.3) is 0 Å². The van der Waals surface area contributed by atoms with Gasteiger partial charge in [-0.1, -0.05) is 11.6 Å². The van der Waals surface area contributed by atoms with Crippen LogP contribution in [0.2, 0.25) is 5.02 Å². The van der Waals surface area contributed by atoms with Crippen LogP contribution in [0.4, 0.5) is 0 Å². The van der Waals surface area contributed by atoms with E-state index in [1.807, 2.05) is 42.5 Å². The van der Waals surface area contributed by atoms with Crippen molar-refractivity contribution in [2.75, 3.05) is 47.1 Å². The number of morpholine rings is 1. The maximum Gasteiger partial charge on any atom is 0.129 e. The molecule has 1 atom stereocenters. The van der Waals surface area contributed by atoms with Crippen molar-refractivity contribution in [3.05, 3.63) is 53.1 Å². The average Bonchev–Trinajstić information content (AvgIpc) is 2.72. The van der Waals surface area contributed by atoms with Gasteiger partial charge in [0, 0.05) is 36.6 Å². The van der Waals surface area contributed by atoms with Gasteiger partial charge in [0.1, 0.15) is 23.4 Å². The first kappa shape index (κ1) is 19.8. The van der Waals surface area contributed by atoms with Crippen molar-refractivity contribution in [1.29, 1.82) is 0 Å². The molecule has 0 aliphatic carbocycles. The van der Waals surface area contributed by atoms with Crippen LogP contribution in [0.1, 0.15) is 18.1 Å². The number of ether oxygens (including phenoxy) is 4. The monoisotopic (exact) mass is 391 g/mol. The van der Waals surface area contributed by atoms with Crippen LogP contribution in [0.3, 0.4) is 0 Å². The SMILES string of the molecule is COc1ccc(OC)c(C(CCN2CCOCC2)Oc2ccc(Cl)cc2)c1. The molecule has 3 rings (SSSR count). The summed E-state index contributed by atoms with van der Waals surface area (Å²) in [5.41, 5.74) is 0.972. The first-order valence-electron chi connectivity index (χ1n) is 9.14. The lowest BCUT2D eigenvalue weighted by atomic mass is 10.0. The minimum absolute atomic E-state index is 0.168. The van der Waals surface area contributed by atoms with Crippen molar-refractivity contribution in [3.8, 4) is 17.2 Å². The third-order valence-corrected chi connectivity index (χ3v) is 4.94. The topological polar surface area (TPSA) is 40.2 Å². The van der Waals surface area contributed by atoms with Gasteiger partial charge in [-0.3, -0.25) is 4.90 Å². The van der Waals surface area contributed by atoms with E-state index in [2.05, 4.69) is 4.90 Å². The van der Waals surface area contributed by atoms with E-state index in [1.165, 1.54) is 0 Å². The van der Waals surface area contributed by atoms with Crippen LogP contribution in [0.15, 0.2) is 42.5 Å². The number of rotatable bonds is 8. The van der Waals surface area contributed by atoms with Crippen molar-refractivity contribution in [2.45, 2.75) is 12.5 Å². The van der Waals surface area contributed by atoms with Gasteiger partial charge in [0.05, 0.1) is 27.4 Å². The van der Waals surface area contributed by atoms with E-state index in [0.29, 0.717) is 5.02 Å². The normalized spacial score (nSPS) is 16.0. The molecule has 1 heterocycles. The van der Waals surface area contributed by atoms with E-state index >= 15 is 0 Å². The number of methoxy groups -OCH3 is 2. The van der Waals surface area contributed by atoms with Crippen molar-refractivity contribution in [2.24, 2.45) is 0 Å². The van der Waals surface area contributed by atoms with Crippen LogP contribution in [0, 0.1) is 0 Å². The van der Waals surface area contributed by atoms with Gasteiger partial charge in [0.15, 0.2) is 0 Å². The summed E-state index contributed by atoms with van der Waals surface area (Å²) < 4.78 is 22.8. The predicted molar refractivity (Wildman–Crippen MR) is 106 cm³/mol. The highest BCUT2D eigenvalue weighted by molar-refractivity contribution is 6.30. The summed E-state index contributed by atoms with van der Waals surface area (Å²) in [5, 5.41) is 0.686. The zero-order chi connectivity index (χ0) is 19.1. The Hall–Kier alpha value is -1.95. The zero-order valence-corrected chi connectivity index (χ0v) is 16.6. The number of hydrogen-bond donors (Lipinski definition) is 0. The van der Waals surface area contributed by atoms with E-state index in [4.69, 9.17) is 30.5 Å². The van der Waals surface area contributed by atoms with Crippen LogP contribution < -0.4 is 14.2 Å². The Morgan fingerprint density at radius 2 is 1.70 bits per heavy atom. The van der Waals surface area contributed by atoms with Crippen LogP contribution >= 0.6 is 11.6 Å². The summed E-state index contributed by atoms with van der Waals surface area (Å²) >= 11 is 6.00. The molecular formula is C21H26ClNO4. The Bertz CT molecular complexity index is 717. The molecule has 146 valence electrons. The second kappa shape index (κ2) is 9.83. The van der Waals surface area contributed by atoms with E-state index in [9.17, 15) is 0 Å². The van der Waals surface area contributed by atoms with Gasteiger partial charge < -0.3 is 18.9 Å². The fourth-order valence-corrected chi connectivity index (χ4v) is 3.30. The third kappa shape index (κ3) is 5.51. The van der Waals surface area contributed by atoms with Crippen molar-refractivity contribution >= 4 is 11.6 Å². The minimum atomic E-state index is -0.168. The number of benzene rings is 2. The maximum absolute atomic E-state index is 6.34. The average molecular weight is 392 g/mol. The Labute approximate surface area is 165 Å². The smallest absolute Gasteiger partial charge is 0.129 e. The Morgan fingerprint density at radius 1 is 1.00 bits per heavy atom. The summed E-state index contributed by atoms with van der Waals surface area (Å²) in [6, 6.07) is 13.2. The van der Waals surface area contributed by atoms with Crippen molar-refractivity contribution in [3.63, 3.8) is 0 Å². The van der Waals surface area contributed by atoms with Crippen LogP contribution in [0.5, 0.6) is 17.2 Å². The van der Waals surface area contributed by atoms with E-state index in [1.54, 1.807) is 14.2 Å². The summed E-state index contributed by atoms with van der Waals surface area (Å²) in [7, 11) is 3.33. The number of hydrogen-bond acceptors (Lipinski definition) is 5. The molecule has 1 saturated heterocycles. The molecule has 27 heavy (non-hydrogen) atoms. The highest BCUT2D eigenvalue weighted by atomic mass is 35.5. The standard InChI is InChI=1S/C21H26ClNO4/c1-24-18-7-8-20(25-2)19(15-18)21(9-10-23-11-13-26-14-12-23)27-17-5-3-16(22)4-6-17/h3-8,15,21H,9-14H2,1-2H3. The quantitative estimate of drug-likeness (QED) is 0.674. The van der Waals surface area contributed by atoms with Crippen LogP contribution in [-0.2, 0) is 4.74 Å². The van der Waals surface area contributed by atoms with Crippen molar-refractivity contribution < 1.29 is 18.9 Å². The van der Waals surface area contributed by atoms with Gasteiger partial charge in [-0.15, -0.1) is 0 Å². The summed E-state index contributed by atoms with van der Waals surface area (Å²) in [4.78, 5) is 2.40. The van der Waals surface area contributed by atoms with Gasteiger partial charge in [-0.2, -0.15) is 0 Å². The highest BCUT2D eigenvalue weighted by Gasteiger charge is 2.21. The van der Waals surface area contributed by atoms with E-state index in [-0.39, 0.29) is 6.10 Å². The van der Waals surface area contributed by atoms with E-state index in [0.717, 1.165) is 62.1 Å². The molecule has 0 amide bonds. The molecule has 0 spiro atoms. The molecule has 2 aromatic carbocycles. The summed E-state index contributed by atoms with van der Waals surface area (Å²) in [5.74, 6) is 2.34. The van der Waals surface area contributed by atoms with Gasteiger partial charge in [0.25, 0.3) is 0 Å². The third-order valence-electron chi connectivity index (χ3n) is 4.69. The van der Waals surface area contributed by atoms with E-state index < -0.39 is 0 Å². The lowest BCUT2D eigenvalue weighted by Crippen LogP contribution is -2.37. The fourth-order valence-electron chi connectivity index (χ4n) is 3.17. The molecule has 0 radical (unpaired) electrons. The Kier molecular flexibility index (Phi) is 7.21. The zero-order valence-electron chi connectivity index (χ0n) is 15.8. The molecule has 0 N–H and O–H groups in total. The Balaban J connectivity index is 1.82. The van der Waals surface area contributed by atoms with Gasteiger partial charge >= 0.3 is 0 Å². The van der Waals surface area contributed by atoms with Gasteiger partial charge in [-0.05, 0) is 42.5 Å². The summed E-state index contributed by atoms with van der Waals surface area (Å²) in [6.45, 7) is 4.38. The molecule has 0 saturated carbocycles. The molecule has 1 aliphatic rings. The second-order valence-corrected chi connectivity index (χ2v) is 6.85. The summed E-state index contributed by atoms with van der Waals surface area (Å²) in [6.07, 6.45) is 0.658. The first-order chi connectivity index (χ1) is 13.2. The first-order valence-corrected chi connectivity index (χ1v) is 9.51. The molecule has 0 aromatic heterocycles. The minimum Gasteiger partial charge on any atom is -0.497 e. The largest absolute Gasteiger partial charge is 0.497 e. The molecule has 5 nitrogen and oxygen atoms in total. The molecule has 1 unspecified atom stereocenters. The molecule has 1 aliphatic heterocycles. The second-order valence-electron chi connectivity index (χ2n) is 6.41. The fraction of sp³-hybridized carbons (Fsp3) is 0.429. The number of halogens is 1. The molecule has 0 bridgehead atoms. The molecule has 6 heteroatoms. The molecule has 2 aromatic rings. The maximum atomic E-state index is 6.34. The molecular weight excluding hydrogens is 366 g/mol. The lowest BCUT2D eigenvalue weighted by Gasteiger charge is -2.29. The number of nitrogens with zero attached hydrogens (tertiary/aromatic N) is 1. The van der Waals surface area contributed by atoms with Crippen molar-refractivity contribution in [1.82, 2.24) is 4.90 Å². The van der Waals surface area contributed by atoms with Crippen LogP contribution in [-0.4, -0.2) is 52.0 Å². The highest BCUT2D eigenvalue weighted by Crippen LogP contribution is 2.34. The lowest BCUT2D eigenvalue weighted by molar-refractivity contribution is 0.0316. The van der Waals surface area contributed by atoms with Gasteiger partial charge in [0.2, 0.25) is 0 Å². The Morgan fingerprint density at radius 3 is 2.37 bits per heavy atom. The van der Waals surface area contributed by atoms with Gasteiger partial charge in [-0.25, -0.2) is 0 Å². The molecule has 1 fully saturated rings.